The Morgan fingerprint density at radius 2 is 2.50 bits per heavy atom. The van der Waals surface area contributed by atoms with Crippen molar-refractivity contribution in [2.24, 2.45) is 0 Å². The van der Waals surface area contributed by atoms with Crippen LogP contribution in [-0.2, 0) is 22.5 Å². The first-order valence-electron chi connectivity index (χ1n) is 5.06. The van der Waals surface area contributed by atoms with E-state index in [1.807, 2.05) is 6.92 Å². The molecule has 1 unspecified atom stereocenters. The summed E-state index contributed by atoms with van der Waals surface area (Å²) in [5.74, 6) is 0.318. The number of hydrogen-bond donors (Lipinski definition) is 2. The number of rotatable bonds is 7. The number of aryl methyl sites for hydroxylation is 1. The van der Waals surface area contributed by atoms with Gasteiger partial charge in [0.25, 0.3) is 0 Å². The maximum absolute atomic E-state index is 10.8. The van der Waals surface area contributed by atoms with Crippen molar-refractivity contribution in [1.82, 2.24) is 10.3 Å². The van der Waals surface area contributed by atoms with Crippen LogP contribution in [0.25, 0.3) is 0 Å². The number of ether oxygens (including phenoxy) is 1. The van der Waals surface area contributed by atoms with Crippen molar-refractivity contribution in [1.29, 1.82) is 0 Å². The number of methoxy groups -OCH3 is 1. The van der Waals surface area contributed by atoms with Crippen molar-refractivity contribution >= 4 is 5.97 Å². The summed E-state index contributed by atoms with van der Waals surface area (Å²) >= 11 is 0. The van der Waals surface area contributed by atoms with E-state index in [-0.39, 0.29) is 13.2 Å². The Bertz CT molecular complexity index is 337. The minimum Gasteiger partial charge on any atom is -0.480 e. The van der Waals surface area contributed by atoms with Gasteiger partial charge >= 0.3 is 5.97 Å². The van der Waals surface area contributed by atoms with E-state index in [0.717, 1.165) is 12.2 Å². The van der Waals surface area contributed by atoms with Gasteiger partial charge in [-0.2, -0.15) is 0 Å². The molecule has 6 heteroatoms. The second-order valence-electron chi connectivity index (χ2n) is 3.30. The van der Waals surface area contributed by atoms with E-state index in [4.69, 9.17) is 14.3 Å². The molecular weight excluding hydrogens is 212 g/mol. The molecular formula is C10H16N2O4. The zero-order valence-electron chi connectivity index (χ0n) is 9.40. The molecule has 1 heterocycles. The third kappa shape index (κ3) is 3.63. The van der Waals surface area contributed by atoms with Crippen molar-refractivity contribution in [3.63, 3.8) is 0 Å². The van der Waals surface area contributed by atoms with Crippen LogP contribution in [0.15, 0.2) is 10.6 Å². The predicted molar refractivity (Wildman–Crippen MR) is 56.0 cm³/mol. The number of hydrogen-bond acceptors (Lipinski definition) is 5. The van der Waals surface area contributed by atoms with E-state index in [1.54, 1.807) is 6.20 Å². The maximum atomic E-state index is 10.8. The second kappa shape index (κ2) is 6.24. The zero-order chi connectivity index (χ0) is 12.0. The summed E-state index contributed by atoms with van der Waals surface area (Å²) in [6.07, 6.45) is 2.41. The molecule has 90 valence electrons. The third-order valence-corrected chi connectivity index (χ3v) is 2.08. The van der Waals surface area contributed by atoms with Gasteiger partial charge in [-0.05, 0) is 0 Å². The fourth-order valence-corrected chi connectivity index (χ4v) is 1.19. The summed E-state index contributed by atoms with van der Waals surface area (Å²) in [7, 11) is 1.46. The van der Waals surface area contributed by atoms with Crippen LogP contribution >= 0.6 is 0 Å². The Balaban J connectivity index is 2.45. The highest BCUT2D eigenvalue weighted by Gasteiger charge is 2.17. The molecule has 1 atom stereocenters. The number of aromatic nitrogens is 1. The van der Waals surface area contributed by atoms with Crippen molar-refractivity contribution < 1.29 is 19.1 Å². The highest BCUT2D eigenvalue weighted by molar-refractivity contribution is 5.73. The van der Waals surface area contributed by atoms with E-state index in [0.29, 0.717) is 5.89 Å². The Morgan fingerprint density at radius 3 is 3.00 bits per heavy atom. The van der Waals surface area contributed by atoms with Crippen LogP contribution in [0.3, 0.4) is 0 Å². The SMILES string of the molecule is CCc1cnc(CNC(COC)C(=O)O)o1. The molecule has 0 aliphatic heterocycles. The minimum atomic E-state index is -0.955. The molecule has 0 radical (unpaired) electrons. The number of aliphatic carboxylic acids is 1. The average molecular weight is 228 g/mol. The van der Waals surface area contributed by atoms with E-state index in [2.05, 4.69) is 10.3 Å². The molecule has 0 aromatic carbocycles. The van der Waals surface area contributed by atoms with E-state index in [1.165, 1.54) is 7.11 Å². The lowest BCUT2D eigenvalue weighted by molar-refractivity contribution is -0.140. The summed E-state index contributed by atoms with van der Waals surface area (Å²) < 4.78 is 10.1. The molecule has 0 fully saturated rings. The monoisotopic (exact) mass is 228 g/mol. The highest BCUT2D eigenvalue weighted by Crippen LogP contribution is 2.04. The van der Waals surface area contributed by atoms with Crippen molar-refractivity contribution in [3.8, 4) is 0 Å². The van der Waals surface area contributed by atoms with Crippen LogP contribution in [0.4, 0.5) is 0 Å². The molecule has 0 spiro atoms. The molecule has 0 bridgehead atoms. The molecule has 1 aromatic heterocycles. The first kappa shape index (κ1) is 12.7. The molecule has 0 saturated heterocycles. The second-order valence-corrected chi connectivity index (χ2v) is 3.30. The van der Waals surface area contributed by atoms with Gasteiger partial charge in [0.2, 0.25) is 5.89 Å². The number of carboxylic acid groups (broad SMARTS) is 1. The van der Waals surface area contributed by atoms with Crippen LogP contribution in [0.2, 0.25) is 0 Å². The van der Waals surface area contributed by atoms with Crippen LogP contribution in [0.5, 0.6) is 0 Å². The lowest BCUT2D eigenvalue weighted by atomic mass is 10.3. The topological polar surface area (TPSA) is 84.6 Å². The smallest absolute Gasteiger partial charge is 0.323 e. The van der Waals surface area contributed by atoms with Crippen molar-refractivity contribution in [3.05, 3.63) is 17.8 Å². The first-order valence-corrected chi connectivity index (χ1v) is 5.06. The van der Waals surface area contributed by atoms with Gasteiger partial charge in [0, 0.05) is 13.5 Å². The van der Waals surface area contributed by atoms with Crippen LogP contribution in [0, 0.1) is 0 Å². The molecule has 2 N–H and O–H groups in total. The average Bonchev–Trinajstić information content (AvgIpc) is 2.71. The Morgan fingerprint density at radius 1 is 1.75 bits per heavy atom. The quantitative estimate of drug-likeness (QED) is 0.703. The van der Waals surface area contributed by atoms with Gasteiger partial charge in [-0.1, -0.05) is 6.92 Å². The number of nitrogens with zero attached hydrogens (tertiary/aromatic N) is 1. The standard InChI is InChI=1S/C10H16N2O4/c1-3-7-4-12-9(16-7)5-11-8(6-15-2)10(13)14/h4,8,11H,3,5-6H2,1-2H3,(H,13,14). The first-order chi connectivity index (χ1) is 7.67. The number of carbonyl (C=O) groups is 1. The predicted octanol–water partition coefficient (Wildman–Crippen LogP) is 0.426. The van der Waals surface area contributed by atoms with Crippen molar-refractivity contribution in [2.75, 3.05) is 13.7 Å². The lowest BCUT2D eigenvalue weighted by Gasteiger charge is -2.11. The zero-order valence-corrected chi connectivity index (χ0v) is 9.40. The molecule has 0 aliphatic rings. The van der Waals surface area contributed by atoms with Gasteiger partial charge in [0.1, 0.15) is 11.8 Å². The van der Waals surface area contributed by atoms with Crippen LogP contribution in [0.1, 0.15) is 18.6 Å². The molecule has 1 aromatic rings. The van der Waals surface area contributed by atoms with Crippen LogP contribution in [-0.4, -0.2) is 35.8 Å². The number of carboxylic acids is 1. The van der Waals surface area contributed by atoms with E-state index in [9.17, 15) is 4.79 Å². The highest BCUT2D eigenvalue weighted by atomic mass is 16.5. The summed E-state index contributed by atoms with van der Waals surface area (Å²) in [6.45, 7) is 2.35. The third-order valence-electron chi connectivity index (χ3n) is 2.08. The number of nitrogens with one attached hydrogen (secondary N) is 1. The molecule has 0 aliphatic carbocycles. The normalized spacial score (nSPS) is 12.6. The van der Waals surface area contributed by atoms with Crippen LogP contribution < -0.4 is 5.32 Å². The molecule has 0 amide bonds. The van der Waals surface area contributed by atoms with Gasteiger partial charge < -0.3 is 14.3 Å². The van der Waals surface area contributed by atoms with E-state index < -0.39 is 12.0 Å². The molecule has 6 nitrogen and oxygen atoms in total. The molecule has 16 heavy (non-hydrogen) atoms. The summed E-state index contributed by atoms with van der Waals surface area (Å²) in [5.41, 5.74) is 0. The van der Waals surface area contributed by atoms with Gasteiger partial charge in [0.15, 0.2) is 0 Å². The summed E-state index contributed by atoms with van der Waals surface area (Å²) in [6, 6.07) is -0.748. The fourth-order valence-electron chi connectivity index (χ4n) is 1.19. The lowest BCUT2D eigenvalue weighted by Crippen LogP contribution is -2.39. The number of oxazole rings is 1. The Hall–Kier alpha value is -1.40. The largest absolute Gasteiger partial charge is 0.480 e. The maximum Gasteiger partial charge on any atom is 0.323 e. The molecule has 1 rings (SSSR count). The summed E-state index contributed by atoms with van der Waals surface area (Å²) in [4.78, 5) is 14.8. The minimum absolute atomic E-state index is 0.108. The Kier molecular flexibility index (Phi) is 4.94. The van der Waals surface area contributed by atoms with Gasteiger partial charge in [-0.15, -0.1) is 0 Å². The van der Waals surface area contributed by atoms with Crippen molar-refractivity contribution in [2.45, 2.75) is 25.9 Å². The van der Waals surface area contributed by atoms with Gasteiger partial charge in [-0.25, -0.2) is 4.98 Å². The molecule has 0 saturated carbocycles. The summed E-state index contributed by atoms with van der Waals surface area (Å²) in [5, 5.41) is 11.6. The van der Waals surface area contributed by atoms with Gasteiger partial charge in [-0.3, -0.25) is 10.1 Å². The fraction of sp³-hybridized carbons (Fsp3) is 0.600. The van der Waals surface area contributed by atoms with Gasteiger partial charge in [0.05, 0.1) is 19.3 Å². The Labute approximate surface area is 93.6 Å². The van der Waals surface area contributed by atoms with E-state index >= 15 is 0 Å².